The molecule has 1 aliphatic heterocycles. The molecule has 0 spiro atoms. The van der Waals surface area contributed by atoms with Crippen LogP contribution in [0.5, 0.6) is 0 Å². The van der Waals surface area contributed by atoms with Crippen LogP contribution >= 0.6 is 12.4 Å². The molecule has 3 aromatic carbocycles. The fraction of sp³-hybridized carbons (Fsp3) is 0.367. The Kier molecular flexibility index (Phi) is 10.1. The lowest BCUT2D eigenvalue weighted by Gasteiger charge is -2.42. The molecule has 6 heteroatoms. The maximum Gasteiger partial charge on any atom is 0.307 e. The second-order valence-corrected chi connectivity index (χ2v) is 9.54. The third-order valence-corrected chi connectivity index (χ3v) is 7.31. The Bertz CT molecular complexity index is 1040. The maximum atomic E-state index is 12.0. The van der Waals surface area contributed by atoms with Gasteiger partial charge in [0.15, 0.2) is 0 Å². The number of aliphatic hydroxyl groups excluding tert-OH is 1. The lowest BCUT2D eigenvalue weighted by Crippen LogP contribution is -2.44. The van der Waals surface area contributed by atoms with Crippen molar-refractivity contribution in [3.05, 3.63) is 107 Å². The minimum absolute atomic E-state index is 0. The van der Waals surface area contributed by atoms with Gasteiger partial charge in [-0.2, -0.15) is 0 Å². The van der Waals surface area contributed by atoms with Gasteiger partial charge in [-0.3, -0.25) is 4.79 Å². The van der Waals surface area contributed by atoms with Crippen LogP contribution in [0, 0.1) is 5.92 Å². The molecule has 0 bridgehead atoms. The van der Waals surface area contributed by atoms with E-state index in [1.165, 1.54) is 0 Å². The molecule has 36 heavy (non-hydrogen) atoms. The van der Waals surface area contributed by atoms with Crippen LogP contribution in [0.4, 0.5) is 0 Å². The molecule has 0 radical (unpaired) electrons. The van der Waals surface area contributed by atoms with Gasteiger partial charge in [0.1, 0.15) is 5.60 Å². The highest BCUT2D eigenvalue weighted by atomic mass is 35.5. The highest BCUT2D eigenvalue weighted by molar-refractivity contribution is 5.85. The Balaban J connectivity index is 0.00000361. The van der Waals surface area contributed by atoms with Crippen molar-refractivity contribution in [2.24, 2.45) is 5.92 Å². The average molecular weight is 510 g/mol. The zero-order valence-electron chi connectivity index (χ0n) is 20.5. The van der Waals surface area contributed by atoms with Crippen LogP contribution in [0.1, 0.15) is 54.0 Å². The molecular weight excluding hydrogens is 474 g/mol. The molecule has 192 valence electrons. The molecule has 4 rings (SSSR count). The number of benzene rings is 3. The lowest BCUT2D eigenvalue weighted by molar-refractivity contribution is -0.136. The number of aliphatic hydroxyl groups is 2. The zero-order valence-corrected chi connectivity index (χ0v) is 21.3. The highest BCUT2D eigenvalue weighted by Gasteiger charge is 2.41. The van der Waals surface area contributed by atoms with Crippen molar-refractivity contribution in [2.45, 2.75) is 43.8 Å². The highest BCUT2D eigenvalue weighted by Crippen LogP contribution is 2.42. The summed E-state index contributed by atoms with van der Waals surface area (Å²) in [5.74, 6) is -0.768. The molecule has 0 saturated carbocycles. The van der Waals surface area contributed by atoms with Crippen molar-refractivity contribution < 1.29 is 20.1 Å². The largest absolute Gasteiger partial charge is 0.481 e. The normalized spacial score (nSPS) is 15.7. The van der Waals surface area contributed by atoms with Gasteiger partial charge >= 0.3 is 5.97 Å². The predicted octanol–water partition coefficient (Wildman–Crippen LogP) is 5.20. The number of carboxylic acid groups (broad SMARTS) is 1. The fourth-order valence-corrected chi connectivity index (χ4v) is 5.44. The summed E-state index contributed by atoms with van der Waals surface area (Å²) in [4.78, 5) is 13.5. The second-order valence-electron chi connectivity index (χ2n) is 9.54. The quantitative estimate of drug-likeness (QED) is 0.350. The van der Waals surface area contributed by atoms with Crippen molar-refractivity contribution in [3.63, 3.8) is 0 Å². The van der Waals surface area contributed by atoms with Gasteiger partial charge in [-0.1, -0.05) is 84.9 Å². The molecule has 3 aromatic rings. The number of carboxylic acids is 1. The molecule has 1 saturated heterocycles. The van der Waals surface area contributed by atoms with Crippen LogP contribution < -0.4 is 0 Å². The zero-order chi connectivity index (χ0) is 24.7. The molecule has 0 amide bonds. The van der Waals surface area contributed by atoms with Crippen molar-refractivity contribution in [1.82, 2.24) is 4.90 Å². The first-order valence-electron chi connectivity index (χ1n) is 12.5. The number of piperidine rings is 1. The van der Waals surface area contributed by atoms with Gasteiger partial charge in [0, 0.05) is 0 Å². The summed E-state index contributed by atoms with van der Waals surface area (Å²) in [7, 11) is 0. The Morgan fingerprint density at radius 1 is 0.889 bits per heavy atom. The standard InChI is InChI=1S/C30H35NO4.ClH/c32-28(27-15-8-7-10-23(27)22-29(33)34)16-9-19-31-20-17-26(18-21-31)30(35,24-11-3-1-4-12-24)25-13-5-2-6-14-25;/h1-8,10-15,26,28,32,35H,9,16-22H2,(H,33,34);1H. The van der Waals surface area contributed by atoms with E-state index >= 15 is 0 Å². The van der Waals surface area contributed by atoms with Crippen LogP contribution in [0.15, 0.2) is 84.9 Å². The van der Waals surface area contributed by atoms with Crippen LogP contribution in [0.2, 0.25) is 0 Å². The number of halogens is 1. The summed E-state index contributed by atoms with van der Waals surface area (Å²) >= 11 is 0. The molecule has 3 N–H and O–H groups in total. The SMILES string of the molecule is Cl.O=C(O)Cc1ccccc1C(O)CCCN1CCC(C(O)(c2ccccc2)c2ccccc2)CC1. The molecule has 1 aliphatic rings. The van der Waals surface area contributed by atoms with E-state index in [1.807, 2.05) is 78.9 Å². The summed E-state index contributed by atoms with van der Waals surface area (Å²) in [6.45, 7) is 2.68. The van der Waals surface area contributed by atoms with Crippen molar-refractivity contribution in [1.29, 1.82) is 0 Å². The monoisotopic (exact) mass is 509 g/mol. The third-order valence-electron chi connectivity index (χ3n) is 7.31. The first-order valence-corrected chi connectivity index (χ1v) is 12.5. The number of carbonyl (C=O) groups is 1. The van der Waals surface area contributed by atoms with Gasteiger partial charge in [-0.25, -0.2) is 0 Å². The summed E-state index contributed by atoms with van der Waals surface area (Å²) in [6.07, 6.45) is 2.47. The number of hydrogen-bond donors (Lipinski definition) is 3. The molecule has 0 aliphatic carbocycles. The Morgan fingerprint density at radius 3 is 1.97 bits per heavy atom. The van der Waals surface area contributed by atoms with Crippen LogP contribution in [0.3, 0.4) is 0 Å². The van der Waals surface area contributed by atoms with E-state index < -0.39 is 17.7 Å². The van der Waals surface area contributed by atoms with Gasteiger partial charge < -0.3 is 20.2 Å². The number of likely N-dealkylation sites (tertiary alicyclic amines) is 1. The van der Waals surface area contributed by atoms with Crippen molar-refractivity contribution >= 4 is 18.4 Å². The summed E-state index contributed by atoms with van der Waals surface area (Å²) in [5, 5.41) is 31.9. The Hall–Kier alpha value is -2.70. The maximum absolute atomic E-state index is 12.0. The van der Waals surface area contributed by atoms with E-state index in [4.69, 9.17) is 5.11 Å². The molecule has 1 atom stereocenters. The van der Waals surface area contributed by atoms with E-state index in [1.54, 1.807) is 6.07 Å². The van der Waals surface area contributed by atoms with E-state index in [-0.39, 0.29) is 24.7 Å². The molecule has 1 fully saturated rings. The Labute approximate surface area is 219 Å². The average Bonchev–Trinajstić information content (AvgIpc) is 2.89. The van der Waals surface area contributed by atoms with E-state index in [0.29, 0.717) is 17.5 Å². The summed E-state index contributed by atoms with van der Waals surface area (Å²) < 4.78 is 0. The van der Waals surface area contributed by atoms with Gasteiger partial charge in [0.25, 0.3) is 0 Å². The molecule has 1 unspecified atom stereocenters. The molecule has 5 nitrogen and oxygen atoms in total. The van der Waals surface area contributed by atoms with Crippen molar-refractivity contribution in [2.75, 3.05) is 19.6 Å². The summed E-state index contributed by atoms with van der Waals surface area (Å²) in [6, 6.07) is 27.2. The minimum atomic E-state index is -1.02. The molecule has 1 heterocycles. The summed E-state index contributed by atoms with van der Waals surface area (Å²) in [5.41, 5.74) is 2.25. The van der Waals surface area contributed by atoms with Crippen LogP contribution in [-0.2, 0) is 16.8 Å². The van der Waals surface area contributed by atoms with Crippen LogP contribution in [0.25, 0.3) is 0 Å². The number of hydrogen-bond acceptors (Lipinski definition) is 4. The Morgan fingerprint density at radius 2 is 1.42 bits per heavy atom. The van der Waals surface area contributed by atoms with Gasteiger partial charge in [0.2, 0.25) is 0 Å². The molecule has 0 aromatic heterocycles. The van der Waals surface area contributed by atoms with Gasteiger partial charge in [0.05, 0.1) is 12.5 Å². The number of rotatable bonds is 10. The second kappa shape index (κ2) is 13.0. The lowest BCUT2D eigenvalue weighted by atomic mass is 9.72. The van der Waals surface area contributed by atoms with Crippen LogP contribution in [-0.4, -0.2) is 45.8 Å². The van der Waals surface area contributed by atoms with Gasteiger partial charge in [-0.15, -0.1) is 12.4 Å². The van der Waals surface area contributed by atoms with Crippen molar-refractivity contribution in [3.8, 4) is 0 Å². The van der Waals surface area contributed by atoms with E-state index in [2.05, 4.69) is 4.90 Å². The van der Waals surface area contributed by atoms with E-state index in [0.717, 1.165) is 50.0 Å². The minimum Gasteiger partial charge on any atom is -0.481 e. The first kappa shape index (κ1) is 27.9. The first-order chi connectivity index (χ1) is 17.0. The molecular formula is C30H36ClNO4. The third kappa shape index (κ3) is 6.54. The van der Waals surface area contributed by atoms with E-state index in [9.17, 15) is 15.0 Å². The topological polar surface area (TPSA) is 81.0 Å². The van der Waals surface area contributed by atoms with Gasteiger partial charge in [-0.05, 0) is 73.5 Å². The predicted molar refractivity (Wildman–Crippen MR) is 144 cm³/mol. The smallest absolute Gasteiger partial charge is 0.307 e. The number of aliphatic carboxylic acids is 1. The number of nitrogens with zero attached hydrogens (tertiary/aromatic N) is 1. The fourth-order valence-electron chi connectivity index (χ4n) is 5.44.